The van der Waals surface area contributed by atoms with E-state index >= 15 is 0 Å². The van der Waals surface area contributed by atoms with Crippen LogP contribution >= 0.6 is 0 Å². The molecule has 1 aliphatic heterocycles. The molecule has 0 unspecified atom stereocenters. The third kappa shape index (κ3) is 7.00. The average Bonchev–Trinajstić information content (AvgIpc) is 3.04. The van der Waals surface area contributed by atoms with E-state index in [9.17, 15) is 4.79 Å². The molecule has 0 bridgehead atoms. The second-order valence-corrected chi connectivity index (χ2v) is 23.0. The summed E-state index contributed by atoms with van der Waals surface area (Å²) in [5.74, 6) is 0.666. The fraction of sp³-hybridized carbons (Fsp3) is 0.559. The third-order valence-electron chi connectivity index (χ3n) is 10.4. The molecule has 3 atom stereocenters. The molecule has 0 aromatic heterocycles. The topological polar surface area (TPSA) is 54.0 Å². The Morgan fingerprint density at radius 2 is 1.34 bits per heavy atom. The van der Waals surface area contributed by atoms with Gasteiger partial charge in [0.25, 0.3) is 0 Å². The van der Waals surface area contributed by atoms with Gasteiger partial charge < -0.3 is 18.9 Å². The van der Waals surface area contributed by atoms with Gasteiger partial charge in [0.2, 0.25) is 12.0 Å². The highest BCUT2D eigenvalue weighted by Gasteiger charge is 2.57. The molecule has 3 rings (SSSR count). The molecule has 1 aliphatic rings. The maximum atomic E-state index is 13.0. The largest absolute Gasteiger partial charge is 0.497 e. The number of carbonyl (C=O) groups excluding carboxylic acids is 1. The van der Waals surface area contributed by atoms with Crippen molar-refractivity contribution in [3.05, 3.63) is 77.6 Å². The molecule has 0 spiro atoms. The van der Waals surface area contributed by atoms with Crippen LogP contribution in [0.15, 0.2) is 66.4 Å². The number of ether oxygens (including phenoxy) is 4. The first-order valence-electron chi connectivity index (χ1n) is 15.6. The van der Waals surface area contributed by atoms with Gasteiger partial charge in [-0.2, -0.15) is 0 Å². The van der Waals surface area contributed by atoms with E-state index in [0.717, 1.165) is 16.9 Å². The summed E-state index contributed by atoms with van der Waals surface area (Å²) < 4.78 is 24.1. The van der Waals surface area contributed by atoms with Gasteiger partial charge in [-0.15, -0.1) is 0 Å². The third-order valence-corrected chi connectivity index (χ3v) is 25.9. The first-order valence-corrected chi connectivity index (χ1v) is 21.0. The Balaban J connectivity index is 2.31. The number of hydrogen-bond donors (Lipinski definition) is 0. The van der Waals surface area contributed by atoms with Gasteiger partial charge in [0.1, 0.15) is 5.75 Å². The Morgan fingerprint density at radius 3 is 1.80 bits per heavy atom. The summed E-state index contributed by atoms with van der Waals surface area (Å²) in [6, 6.07) is 26.0. The Morgan fingerprint density at radius 1 is 0.805 bits per heavy atom. The summed E-state index contributed by atoms with van der Waals surface area (Å²) in [4.78, 5) is 13.0. The SMILES string of the molecule is CC[Si](CC)(CC)C([C@H]1[C@@H](OCc2ccccc2)OC(C(=O)OC)=C[C@@H]1c1ccc(OC)cc1)[Si](CC)(CC)CC. The summed E-state index contributed by atoms with van der Waals surface area (Å²) >= 11 is 0. The van der Waals surface area contributed by atoms with Gasteiger partial charge in [-0.05, 0) is 34.5 Å². The molecule has 7 heteroatoms. The molecule has 41 heavy (non-hydrogen) atoms. The molecule has 0 amide bonds. The van der Waals surface area contributed by atoms with E-state index in [0.29, 0.717) is 11.8 Å². The van der Waals surface area contributed by atoms with Crippen LogP contribution in [0.1, 0.15) is 58.6 Å². The predicted octanol–water partition coefficient (Wildman–Crippen LogP) is 8.95. The minimum absolute atomic E-state index is 0.0393. The summed E-state index contributed by atoms with van der Waals surface area (Å²) in [5, 5.41) is 0.554. The Labute approximate surface area is 250 Å². The molecular formula is C34H52O5Si2. The van der Waals surface area contributed by atoms with E-state index in [1.165, 1.54) is 43.4 Å². The lowest BCUT2D eigenvalue weighted by molar-refractivity contribution is -0.178. The van der Waals surface area contributed by atoms with Crippen molar-refractivity contribution in [3.8, 4) is 5.75 Å². The quantitative estimate of drug-likeness (QED) is 0.152. The van der Waals surface area contributed by atoms with Crippen LogP contribution in [0.3, 0.4) is 0 Å². The van der Waals surface area contributed by atoms with E-state index in [1.807, 2.05) is 36.4 Å². The highest BCUT2D eigenvalue weighted by molar-refractivity contribution is 6.99. The number of allylic oxidation sites excluding steroid dienone is 1. The zero-order valence-corrected chi connectivity index (χ0v) is 28.6. The minimum Gasteiger partial charge on any atom is -0.497 e. The van der Waals surface area contributed by atoms with E-state index in [-0.39, 0.29) is 17.6 Å². The van der Waals surface area contributed by atoms with Gasteiger partial charge in [0.05, 0.1) is 37.0 Å². The fourth-order valence-corrected chi connectivity index (χ4v) is 24.5. The number of esters is 1. The first kappa shape index (κ1) is 33.1. The normalized spacial score (nSPS) is 19.4. The van der Waals surface area contributed by atoms with Crippen LogP contribution in [-0.2, 0) is 25.6 Å². The van der Waals surface area contributed by atoms with Gasteiger partial charge in [-0.1, -0.05) is 120 Å². The standard InChI is InChI=1S/C34H52O5Si2/c1-9-40(10-2,11-3)34(41(12-4,13-5)14-6)31-29(27-20-22-28(36-7)23-21-27)24-30(32(35)37-8)39-33(31)38-25-26-18-16-15-17-19-26/h15-24,29,31,33-34H,9-14,25H2,1-8H3/t29-,31-,33+/m1/s1. The van der Waals surface area contributed by atoms with Crippen molar-refractivity contribution in [2.45, 2.75) is 102 Å². The number of benzene rings is 2. The van der Waals surface area contributed by atoms with E-state index in [1.54, 1.807) is 7.11 Å². The summed E-state index contributed by atoms with van der Waals surface area (Å²) in [7, 11) is -0.497. The van der Waals surface area contributed by atoms with Crippen molar-refractivity contribution >= 4 is 22.1 Å². The van der Waals surface area contributed by atoms with Crippen molar-refractivity contribution in [1.82, 2.24) is 0 Å². The molecule has 0 radical (unpaired) electrons. The molecule has 2 aromatic carbocycles. The van der Waals surface area contributed by atoms with E-state index in [4.69, 9.17) is 18.9 Å². The highest BCUT2D eigenvalue weighted by atomic mass is 28.4. The van der Waals surface area contributed by atoms with Gasteiger partial charge >= 0.3 is 5.97 Å². The molecule has 2 aromatic rings. The maximum Gasteiger partial charge on any atom is 0.373 e. The minimum atomic E-state index is -1.80. The second-order valence-electron chi connectivity index (χ2n) is 11.5. The predicted molar refractivity (Wildman–Crippen MR) is 174 cm³/mol. The Kier molecular flexibility index (Phi) is 12.3. The summed E-state index contributed by atoms with van der Waals surface area (Å²) in [5.41, 5.74) is 2.26. The van der Waals surface area contributed by atoms with Crippen LogP contribution in [0.25, 0.3) is 0 Å². The number of rotatable bonds is 15. The van der Waals surface area contributed by atoms with E-state index < -0.39 is 28.4 Å². The monoisotopic (exact) mass is 596 g/mol. The zero-order valence-electron chi connectivity index (χ0n) is 26.6. The molecule has 1 heterocycles. The lowest BCUT2D eigenvalue weighted by Gasteiger charge is -2.55. The Hall–Kier alpha value is -2.36. The maximum absolute atomic E-state index is 13.0. The number of methoxy groups -OCH3 is 2. The summed E-state index contributed by atoms with van der Waals surface area (Å²) in [6.07, 6.45) is 1.48. The van der Waals surface area contributed by atoms with Crippen molar-refractivity contribution in [3.63, 3.8) is 0 Å². The van der Waals surface area contributed by atoms with Crippen molar-refractivity contribution in [2.75, 3.05) is 14.2 Å². The molecule has 0 fully saturated rings. The van der Waals surface area contributed by atoms with Crippen LogP contribution < -0.4 is 4.74 Å². The molecule has 0 saturated carbocycles. The van der Waals surface area contributed by atoms with Crippen molar-refractivity contribution < 1.29 is 23.7 Å². The van der Waals surface area contributed by atoms with Crippen LogP contribution in [0.2, 0.25) is 41.4 Å². The van der Waals surface area contributed by atoms with Crippen molar-refractivity contribution in [2.24, 2.45) is 5.92 Å². The average molecular weight is 597 g/mol. The Bertz CT molecular complexity index is 1070. The smallest absolute Gasteiger partial charge is 0.373 e. The van der Waals surface area contributed by atoms with E-state index in [2.05, 4.69) is 65.8 Å². The lowest BCUT2D eigenvalue weighted by atomic mass is 9.84. The molecule has 5 nitrogen and oxygen atoms in total. The van der Waals surface area contributed by atoms with Gasteiger partial charge in [0.15, 0.2) is 0 Å². The van der Waals surface area contributed by atoms with Crippen LogP contribution in [-0.4, -0.2) is 42.6 Å². The van der Waals surface area contributed by atoms with Crippen LogP contribution in [0.4, 0.5) is 0 Å². The van der Waals surface area contributed by atoms with Crippen molar-refractivity contribution in [1.29, 1.82) is 0 Å². The molecule has 0 aliphatic carbocycles. The first-order chi connectivity index (χ1) is 19.8. The van der Waals surface area contributed by atoms with Crippen LogP contribution in [0, 0.1) is 5.92 Å². The van der Waals surface area contributed by atoms with Gasteiger partial charge in [0, 0.05) is 11.8 Å². The van der Waals surface area contributed by atoms with Gasteiger partial charge in [-0.3, -0.25) is 0 Å². The number of hydrogen-bond acceptors (Lipinski definition) is 5. The number of carbonyl (C=O) groups is 1. The second kappa shape index (κ2) is 15.2. The molecular weight excluding hydrogens is 545 g/mol. The fourth-order valence-electron chi connectivity index (χ4n) is 7.60. The highest BCUT2D eigenvalue weighted by Crippen LogP contribution is 2.56. The van der Waals surface area contributed by atoms with Gasteiger partial charge in [-0.25, -0.2) is 4.79 Å². The molecule has 226 valence electrons. The molecule has 0 saturated heterocycles. The summed E-state index contributed by atoms with van der Waals surface area (Å²) in [6.45, 7) is 15.0. The zero-order chi connectivity index (χ0) is 30.0. The lowest BCUT2D eigenvalue weighted by Crippen LogP contribution is -2.59. The van der Waals surface area contributed by atoms with Crippen LogP contribution in [0.5, 0.6) is 5.75 Å². The molecule has 0 N–H and O–H groups in total.